The van der Waals surface area contributed by atoms with Crippen LogP contribution in [-0.2, 0) is 9.53 Å². The number of nitrogens with zero attached hydrogens (tertiary/aromatic N) is 1. The van der Waals surface area contributed by atoms with Crippen LogP contribution < -0.4 is 10.6 Å². The summed E-state index contributed by atoms with van der Waals surface area (Å²) in [4.78, 5) is 17.2. The van der Waals surface area contributed by atoms with E-state index in [-0.39, 0.29) is 11.7 Å². The van der Waals surface area contributed by atoms with Crippen molar-refractivity contribution in [3.63, 3.8) is 0 Å². The molecule has 24 heavy (non-hydrogen) atoms. The minimum absolute atomic E-state index is 0.00201. The van der Waals surface area contributed by atoms with Gasteiger partial charge in [0.15, 0.2) is 10.9 Å². The van der Waals surface area contributed by atoms with Gasteiger partial charge < -0.3 is 15.4 Å². The molecule has 0 amide bonds. The number of carbonyl (C=O) groups is 1. The second-order valence-electron chi connectivity index (χ2n) is 6.34. The first-order chi connectivity index (χ1) is 11.3. The summed E-state index contributed by atoms with van der Waals surface area (Å²) in [6.07, 6.45) is 5.19. The molecular formula is C17H20ClN3O2S. The lowest BCUT2D eigenvalue weighted by atomic mass is 9.76. The van der Waals surface area contributed by atoms with Crippen LogP contribution in [0, 0.1) is 5.92 Å². The number of halogens is 1. The van der Waals surface area contributed by atoms with Gasteiger partial charge in [0.25, 0.3) is 0 Å². The van der Waals surface area contributed by atoms with Crippen molar-refractivity contribution in [1.82, 2.24) is 10.3 Å². The van der Waals surface area contributed by atoms with Gasteiger partial charge >= 0.3 is 0 Å². The highest BCUT2D eigenvalue weighted by Gasteiger charge is 2.46. The molecule has 1 aliphatic heterocycles. The molecule has 0 bridgehead atoms. The van der Waals surface area contributed by atoms with E-state index < -0.39 is 5.54 Å². The molecule has 1 aliphatic carbocycles. The number of methoxy groups -OCH3 is 1. The second-order valence-corrected chi connectivity index (χ2v) is 7.58. The lowest BCUT2D eigenvalue weighted by Crippen LogP contribution is -2.54. The molecular weight excluding hydrogens is 346 g/mol. The number of hydrogen-bond acceptors (Lipinski definition) is 6. The van der Waals surface area contributed by atoms with Gasteiger partial charge in [0.1, 0.15) is 5.76 Å². The monoisotopic (exact) mass is 365 g/mol. The summed E-state index contributed by atoms with van der Waals surface area (Å²) < 4.78 is 5.31. The van der Waals surface area contributed by atoms with E-state index in [9.17, 15) is 4.79 Å². The summed E-state index contributed by atoms with van der Waals surface area (Å²) in [5.74, 6) is 0.208. The van der Waals surface area contributed by atoms with Crippen LogP contribution >= 0.6 is 22.9 Å². The second kappa shape index (κ2) is 6.26. The topological polar surface area (TPSA) is 63.2 Å². The first-order valence-electron chi connectivity index (χ1n) is 7.73. The van der Waals surface area contributed by atoms with E-state index in [1.54, 1.807) is 19.3 Å². The molecule has 2 atom stereocenters. The molecule has 2 aliphatic rings. The van der Waals surface area contributed by atoms with E-state index >= 15 is 0 Å². The quantitative estimate of drug-likeness (QED) is 0.854. The molecule has 0 fully saturated rings. The Morgan fingerprint density at radius 1 is 1.50 bits per heavy atom. The summed E-state index contributed by atoms with van der Waals surface area (Å²) >= 11 is 8.03. The predicted octanol–water partition coefficient (Wildman–Crippen LogP) is 3.52. The third-order valence-electron chi connectivity index (χ3n) is 4.13. The lowest BCUT2D eigenvalue weighted by Gasteiger charge is -2.42. The van der Waals surface area contributed by atoms with Crippen molar-refractivity contribution in [2.75, 3.05) is 12.4 Å². The van der Waals surface area contributed by atoms with Crippen molar-refractivity contribution in [3.05, 3.63) is 40.1 Å². The van der Waals surface area contributed by atoms with Crippen LogP contribution in [0.15, 0.2) is 34.4 Å². The number of ketones is 1. The van der Waals surface area contributed by atoms with Gasteiger partial charge in [-0.25, -0.2) is 4.98 Å². The van der Waals surface area contributed by atoms with Gasteiger partial charge in [-0.1, -0.05) is 17.7 Å². The highest BCUT2D eigenvalue weighted by Crippen LogP contribution is 2.41. The van der Waals surface area contributed by atoms with Gasteiger partial charge in [-0.15, -0.1) is 11.3 Å². The Labute approximate surface area is 150 Å². The molecule has 1 aromatic rings. The molecule has 0 spiro atoms. The fraction of sp³-hybridized carbons (Fsp3) is 0.412. The van der Waals surface area contributed by atoms with E-state index in [1.165, 1.54) is 11.3 Å². The molecule has 0 radical (unpaired) electrons. The molecule has 1 aromatic heterocycles. The maximum absolute atomic E-state index is 12.6. The average Bonchev–Trinajstić information content (AvgIpc) is 2.96. The molecule has 128 valence electrons. The van der Waals surface area contributed by atoms with Crippen LogP contribution in [0.2, 0.25) is 0 Å². The number of hydrogen-bond donors (Lipinski definition) is 2. The fourth-order valence-corrected chi connectivity index (χ4v) is 4.07. The largest absolute Gasteiger partial charge is 0.495 e. The standard InChI is InChI=1S/C17H20ClN3O2S/c1-9(2)19-16-20-12(8-24-16)11-7-13(22)10-5-6-14(23-4)15(18)17(10,3)21-11/h5-10,21H,1-4H3,(H,19,20). The Hall–Kier alpha value is -1.79. The van der Waals surface area contributed by atoms with Crippen LogP contribution in [0.4, 0.5) is 5.13 Å². The highest BCUT2D eigenvalue weighted by molar-refractivity contribution is 7.13. The Kier molecular flexibility index (Phi) is 4.44. The van der Waals surface area contributed by atoms with Gasteiger partial charge in [0.05, 0.1) is 35.0 Å². The van der Waals surface area contributed by atoms with Crippen molar-refractivity contribution >= 4 is 39.5 Å². The number of ether oxygens (including phenoxy) is 1. The average molecular weight is 366 g/mol. The number of fused-ring (bicyclic) bond motifs is 1. The molecule has 2 heterocycles. The third-order valence-corrected chi connectivity index (χ3v) is 5.49. The molecule has 0 aromatic carbocycles. The van der Waals surface area contributed by atoms with E-state index in [2.05, 4.69) is 29.5 Å². The fourth-order valence-electron chi connectivity index (χ4n) is 2.91. The zero-order valence-corrected chi connectivity index (χ0v) is 15.6. The minimum atomic E-state index is -0.738. The van der Waals surface area contributed by atoms with Gasteiger partial charge in [0, 0.05) is 17.5 Å². The number of carbonyl (C=O) groups excluding carboxylic acids is 1. The number of anilines is 1. The van der Waals surface area contributed by atoms with Crippen LogP contribution in [0.3, 0.4) is 0 Å². The minimum Gasteiger partial charge on any atom is -0.495 e. The Balaban J connectivity index is 1.95. The van der Waals surface area contributed by atoms with E-state index in [1.807, 2.05) is 18.4 Å². The lowest BCUT2D eigenvalue weighted by molar-refractivity contribution is -0.118. The molecule has 2 N–H and O–H groups in total. The van der Waals surface area contributed by atoms with Crippen molar-refractivity contribution in [2.45, 2.75) is 32.4 Å². The molecule has 5 nitrogen and oxygen atoms in total. The molecule has 0 saturated heterocycles. The maximum atomic E-state index is 12.6. The Morgan fingerprint density at radius 2 is 2.25 bits per heavy atom. The summed E-state index contributed by atoms with van der Waals surface area (Å²) in [7, 11) is 1.57. The molecule has 3 rings (SSSR count). The van der Waals surface area contributed by atoms with E-state index in [0.717, 1.165) is 10.8 Å². The van der Waals surface area contributed by atoms with Crippen molar-refractivity contribution < 1.29 is 9.53 Å². The predicted molar refractivity (Wildman–Crippen MR) is 97.9 cm³/mol. The molecule has 2 unspecified atom stereocenters. The van der Waals surface area contributed by atoms with Crippen molar-refractivity contribution in [3.8, 4) is 0 Å². The summed E-state index contributed by atoms with van der Waals surface area (Å²) in [6.45, 7) is 6.02. The Bertz CT molecular complexity index is 766. The number of rotatable bonds is 4. The van der Waals surface area contributed by atoms with Gasteiger partial charge in [-0.05, 0) is 26.8 Å². The van der Waals surface area contributed by atoms with Crippen LogP contribution in [0.5, 0.6) is 0 Å². The summed E-state index contributed by atoms with van der Waals surface area (Å²) in [5, 5.41) is 9.90. The first kappa shape index (κ1) is 17.0. The first-order valence-corrected chi connectivity index (χ1v) is 8.99. The number of thiazole rings is 1. The number of nitrogens with one attached hydrogen (secondary N) is 2. The van der Waals surface area contributed by atoms with Gasteiger partial charge in [0.2, 0.25) is 0 Å². The Morgan fingerprint density at radius 3 is 2.92 bits per heavy atom. The zero-order valence-electron chi connectivity index (χ0n) is 14.0. The van der Waals surface area contributed by atoms with Crippen LogP contribution in [0.1, 0.15) is 26.5 Å². The number of aromatic nitrogens is 1. The van der Waals surface area contributed by atoms with Gasteiger partial charge in [-0.2, -0.15) is 0 Å². The third kappa shape index (κ3) is 2.84. The van der Waals surface area contributed by atoms with Crippen LogP contribution in [0.25, 0.3) is 5.70 Å². The van der Waals surface area contributed by atoms with E-state index in [4.69, 9.17) is 16.3 Å². The van der Waals surface area contributed by atoms with Crippen molar-refractivity contribution in [2.24, 2.45) is 5.92 Å². The summed E-state index contributed by atoms with van der Waals surface area (Å²) in [6, 6.07) is 0.297. The molecule has 7 heteroatoms. The maximum Gasteiger partial charge on any atom is 0.183 e. The zero-order chi connectivity index (χ0) is 17.5. The van der Waals surface area contributed by atoms with Crippen molar-refractivity contribution in [1.29, 1.82) is 0 Å². The molecule has 0 saturated carbocycles. The smallest absolute Gasteiger partial charge is 0.183 e. The van der Waals surface area contributed by atoms with Gasteiger partial charge in [-0.3, -0.25) is 4.79 Å². The highest BCUT2D eigenvalue weighted by atomic mass is 35.5. The SMILES string of the molecule is COC1=C(Cl)C2(C)NC(c3csc(NC(C)C)n3)=CC(=O)C2C=C1. The summed E-state index contributed by atoms with van der Waals surface area (Å²) in [5.41, 5.74) is 0.669. The number of allylic oxidation sites excluding steroid dienone is 2. The van der Waals surface area contributed by atoms with Crippen LogP contribution in [-0.4, -0.2) is 29.5 Å². The van der Waals surface area contributed by atoms with E-state index in [0.29, 0.717) is 22.5 Å². The normalized spacial score (nSPS) is 26.2.